The van der Waals surface area contributed by atoms with Crippen molar-refractivity contribution in [3.63, 3.8) is 0 Å². The highest BCUT2D eigenvalue weighted by atomic mass is 79.9. The molecule has 16 heavy (non-hydrogen) atoms. The third kappa shape index (κ3) is 2.65. The normalized spacial score (nSPS) is 18.6. The van der Waals surface area contributed by atoms with E-state index in [9.17, 15) is 0 Å². The van der Waals surface area contributed by atoms with E-state index in [1.807, 2.05) is 0 Å². The Bertz CT molecular complexity index is 341. The van der Waals surface area contributed by atoms with Crippen LogP contribution in [-0.2, 0) is 0 Å². The van der Waals surface area contributed by atoms with Gasteiger partial charge in [0.15, 0.2) is 0 Å². The lowest BCUT2D eigenvalue weighted by Crippen LogP contribution is -2.36. The van der Waals surface area contributed by atoms with Gasteiger partial charge in [-0.2, -0.15) is 0 Å². The number of nitrogens with zero attached hydrogens (tertiary/aromatic N) is 2. The summed E-state index contributed by atoms with van der Waals surface area (Å²) in [5, 5.41) is 3.50. The molecule has 1 aromatic rings. The van der Waals surface area contributed by atoms with Crippen LogP contribution in [0.1, 0.15) is 12.8 Å². The number of halogens is 1. The van der Waals surface area contributed by atoms with E-state index in [4.69, 9.17) is 5.73 Å². The van der Waals surface area contributed by atoms with E-state index in [-0.39, 0.29) is 0 Å². The fourth-order valence-corrected chi connectivity index (χ4v) is 2.42. The fraction of sp³-hybridized carbons (Fsp3) is 0.545. The number of piperidine rings is 1. The van der Waals surface area contributed by atoms with Crippen LogP contribution in [0, 0.1) is 0 Å². The van der Waals surface area contributed by atoms with Crippen molar-refractivity contribution >= 4 is 27.3 Å². The number of anilines is 2. The van der Waals surface area contributed by atoms with Gasteiger partial charge in [0.1, 0.15) is 0 Å². The van der Waals surface area contributed by atoms with Crippen LogP contribution in [0.3, 0.4) is 0 Å². The van der Waals surface area contributed by atoms with Crippen LogP contribution >= 0.6 is 15.9 Å². The number of nitrogen functional groups attached to an aromatic ring is 1. The van der Waals surface area contributed by atoms with Gasteiger partial charge < -0.3 is 16.0 Å². The summed E-state index contributed by atoms with van der Waals surface area (Å²) >= 11 is 3.47. The first-order chi connectivity index (χ1) is 7.66. The summed E-state index contributed by atoms with van der Waals surface area (Å²) in [6.07, 6.45) is 5.77. The molecule has 2 heterocycles. The second-order valence-corrected chi connectivity index (χ2v) is 5.16. The van der Waals surface area contributed by atoms with Gasteiger partial charge in [-0.1, -0.05) is 0 Å². The molecule has 0 amide bonds. The average Bonchev–Trinajstić information content (AvgIpc) is 2.26. The van der Waals surface area contributed by atoms with Crippen molar-refractivity contribution in [2.24, 2.45) is 0 Å². The summed E-state index contributed by atoms with van der Waals surface area (Å²) in [5.41, 5.74) is 7.58. The molecule has 5 heteroatoms. The number of likely N-dealkylation sites (tertiary alicyclic amines) is 1. The van der Waals surface area contributed by atoms with Crippen molar-refractivity contribution in [1.29, 1.82) is 0 Å². The minimum atomic E-state index is 0.511. The largest absolute Gasteiger partial charge is 0.396 e. The smallest absolute Gasteiger partial charge is 0.0752 e. The van der Waals surface area contributed by atoms with E-state index in [1.165, 1.54) is 0 Å². The standard InChI is InChI=1S/C11H17BrN4/c1-16-4-2-8(3-5-16)15-11-9(12)6-14-7-10(11)13/h6-8H,2-5,13H2,1H3,(H,14,15). The molecular formula is C11H17BrN4. The second-order valence-electron chi connectivity index (χ2n) is 4.31. The van der Waals surface area contributed by atoms with Crippen LogP contribution in [0.15, 0.2) is 16.9 Å². The molecular weight excluding hydrogens is 268 g/mol. The van der Waals surface area contributed by atoms with Crippen molar-refractivity contribution in [2.45, 2.75) is 18.9 Å². The summed E-state index contributed by atoms with van der Waals surface area (Å²) in [6.45, 7) is 2.28. The van der Waals surface area contributed by atoms with E-state index < -0.39 is 0 Å². The molecule has 1 fully saturated rings. The molecule has 0 saturated carbocycles. The van der Waals surface area contributed by atoms with Crippen LogP contribution in [0.2, 0.25) is 0 Å². The molecule has 1 aliphatic heterocycles. The van der Waals surface area contributed by atoms with Crippen LogP contribution in [0.25, 0.3) is 0 Å². The number of nitrogens with one attached hydrogen (secondary N) is 1. The third-order valence-electron chi connectivity index (χ3n) is 3.00. The Labute approximate surface area is 104 Å². The Kier molecular flexibility index (Phi) is 3.66. The van der Waals surface area contributed by atoms with Crippen LogP contribution < -0.4 is 11.1 Å². The molecule has 0 atom stereocenters. The number of hydrogen-bond donors (Lipinski definition) is 2. The fourth-order valence-electron chi connectivity index (χ4n) is 1.96. The van der Waals surface area contributed by atoms with Gasteiger partial charge in [-0.15, -0.1) is 0 Å². The molecule has 4 nitrogen and oxygen atoms in total. The molecule has 0 unspecified atom stereocenters. The zero-order valence-electron chi connectivity index (χ0n) is 9.41. The SMILES string of the molecule is CN1CCC(Nc2c(N)cncc2Br)CC1. The summed E-state index contributed by atoms with van der Waals surface area (Å²) in [6, 6.07) is 0.511. The molecule has 0 aliphatic carbocycles. The van der Waals surface area contributed by atoms with Gasteiger partial charge in [-0.3, -0.25) is 4.98 Å². The number of pyridine rings is 1. The zero-order valence-corrected chi connectivity index (χ0v) is 11.0. The minimum absolute atomic E-state index is 0.511. The molecule has 0 aromatic carbocycles. The maximum Gasteiger partial charge on any atom is 0.0752 e. The van der Waals surface area contributed by atoms with E-state index in [2.05, 4.69) is 38.2 Å². The van der Waals surface area contributed by atoms with Crippen molar-refractivity contribution in [3.8, 4) is 0 Å². The van der Waals surface area contributed by atoms with Gasteiger partial charge in [0.25, 0.3) is 0 Å². The van der Waals surface area contributed by atoms with Crippen molar-refractivity contribution in [2.75, 3.05) is 31.2 Å². The van der Waals surface area contributed by atoms with E-state index in [0.29, 0.717) is 11.7 Å². The van der Waals surface area contributed by atoms with Gasteiger partial charge in [0.2, 0.25) is 0 Å². The molecule has 0 bridgehead atoms. The highest BCUT2D eigenvalue weighted by molar-refractivity contribution is 9.10. The summed E-state index contributed by atoms with van der Waals surface area (Å²) in [7, 11) is 2.16. The lowest BCUT2D eigenvalue weighted by Gasteiger charge is -2.30. The lowest BCUT2D eigenvalue weighted by atomic mass is 10.1. The second kappa shape index (κ2) is 5.01. The molecule has 1 aliphatic rings. The molecule has 1 saturated heterocycles. The van der Waals surface area contributed by atoms with Crippen LogP contribution in [0.5, 0.6) is 0 Å². The Morgan fingerprint density at radius 2 is 2.12 bits per heavy atom. The third-order valence-corrected chi connectivity index (χ3v) is 3.60. The van der Waals surface area contributed by atoms with Crippen LogP contribution in [-0.4, -0.2) is 36.1 Å². The van der Waals surface area contributed by atoms with E-state index in [1.54, 1.807) is 12.4 Å². The quantitative estimate of drug-likeness (QED) is 0.872. The number of nitrogens with two attached hydrogens (primary N) is 1. The van der Waals surface area contributed by atoms with Gasteiger partial charge >= 0.3 is 0 Å². The summed E-state index contributed by atoms with van der Waals surface area (Å²) in [5.74, 6) is 0. The van der Waals surface area contributed by atoms with Gasteiger partial charge in [-0.05, 0) is 48.9 Å². The first-order valence-corrected chi connectivity index (χ1v) is 6.30. The topological polar surface area (TPSA) is 54.2 Å². The molecule has 0 radical (unpaired) electrons. The van der Waals surface area contributed by atoms with Gasteiger partial charge in [0.05, 0.1) is 22.0 Å². The molecule has 88 valence electrons. The number of rotatable bonds is 2. The molecule has 1 aromatic heterocycles. The van der Waals surface area contributed by atoms with Crippen molar-refractivity contribution in [1.82, 2.24) is 9.88 Å². The minimum Gasteiger partial charge on any atom is -0.396 e. The maximum absolute atomic E-state index is 5.90. The average molecular weight is 285 g/mol. The van der Waals surface area contributed by atoms with E-state index in [0.717, 1.165) is 36.1 Å². The number of hydrogen-bond acceptors (Lipinski definition) is 4. The van der Waals surface area contributed by atoms with Gasteiger partial charge in [0, 0.05) is 12.2 Å². The van der Waals surface area contributed by atoms with Crippen molar-refractivity contribution in [3.05, 3.63) is 16.9 Å². The number of aromatic nitrogens is 1. The predicted molar refractivity (Wildman–Crippen MR) is 70.5 cm³/mol. The molecule has 2 rings (SSSR count). The van der Waals surface area contributed by atoms with Gasteiger partial charge in [-0.25, -0.2) is 0 Å². The van der Waals surface area contributed by atoms with Crippen LogP contribution in [0.4, 0.5) is 11.4 Å². The molecule has 3 N–H and O–H groups in total. The Morgan fingerprint density at radius 1 is 1.44 bits per heavy atom. The first-order valence-electron chi connectivity index (χ1n) is 5.51. The maximum atomic E-state index is 5.90. The van der Waals surface area contributed by atoms with E-state index >= 15 is 0 Å². The monoisotopic (exact) mass is 284 g/mol. The first kappa shape index (κ1) is 11.7. The Balaban J connectivity index is 2.04. The predicted octanol–water partition coefficient (Wildman–Crippen LogP) is 1.93. The Morgan fingerprint density at radius 3 is 2.75 bits per heavy atom. The highest BCUT2D eigenvalue weighted by Gasteiger charge is 2.18. The highest BCUT2D eigenvalue weighted by Crippen LogP contribution is 2.29. The lowest BCUT2D eigenvalue weighted by molar-refractivity contribution is 0.264. The molecule has 0 spiro atoms. The summed E-state index contributed by atoms with van der Waals surface area (Å²) in [4.78, 5) is 6.38. The van der Waals surface area contributed by atoms with Crippen molar-refractivity contribution < 1.29 is 0 Å². The Hall–Kier alpha value is -0.810. The zero-order chi connectivity index (χ0) is 11.5. The summed E-state index contributed by atoms with van der Waals surface area (Å²) < 4.78 is 0.937.